The van der Waals surface area contributed by atoms with E-state index in [0.29, 0.717) is 17.7 Å². The third kappa shape index (κ3) is 5.82. The van der Waals surface area contributed by atoms with Crippen LogP contribution in [0.1, 0.15) is 30.6 Å². The van der Waals surface area contributed by atoms with E-state index in [-0.39, 0.29) is 12.5 Å². The lowest BCUT2D eigenvalue weighted by Gasteiger charge is -2.16. The second-order valence-corrected chi connectivity index (χ2v) is 5.27. The fourth-order valence-corrected chi connectivity index (χ4v) is 1.79. The number of ether oxygens (including phenoxy) is 1. The molecule has 0 spiro atoms. The Morgan fingerprint density at radius 2 is 1.82 bits per heavy atom. The van der Waals surface area contributed by atoms with E-state index in [0.717, 1.165) is 0 Å². The maximum Gasteiger partial charge on any atom is 0.326 e. The molecule has 0 fully saturated rings. The maximum atomic E-state index is 12.0. The average Bonchev–Trinajstić information content (AvgIpc) is 2.44. The van der Waals surface area contributed by atoms with Crippen molar-refractivity contribution in [2.24, 2.45) is 11.7 Å². The largest absolute Gasteiger partial charge is 0.484 e. The third-order valence-electron chi connectivity index (χ3n) is 2.81. The number of carbonyl (C=O) groups is 3. The van der Waals surface area contributed by atoms with Crippen molar-refractivity contribution in [2.45, 2.75) is 26.3 Å². The van der Waals surface area contributed by atoms with Crippen LogP contribution in [0.2, 0.25) is 0 Å². The molecular weight excluding hydrogens is 288 g/mol. The zero-order valence-electron chi connectivity index (χ0n) is 12.5. The normalized spacial score (nSPS) is 11.8. The van der Waals surface area contributed by atoms with Crippen molar-refractivity contribution in [3.8, 4) is 5.75 Å². The lowest BCUT2D eigenvalue weighted by atomic mass is 10.0. The van der Waals surface area contributed by atoms with Gasteiger partial charge in [-0.25, -0.2) is 4.79 Å². The minimum absolute atomic E-state index is 0.144. The molecule has 0 saturated heterocycles. The minimum atomic E-state index is -1.07. The first kappa shape index (κ1) is 17.5. The van der Waals surface area contributed by atoms with Crippen molar-refractivity contribution in [3.05, 3.63) is 29.8 Å². The summed E-state index contributed by atoms with van der Waals surface area (Å²) in [5, 5.41) is 11.6. The Morgan fingerprint density at radius 1 is 1.23 bits per heavy atom. The molecule has 0 saturated carbocycles. The second-order valence-electron chi connectivity index (χ2n) is 5.27. The fraction of sp³-hybridized carbons (Fsp3) is 0.400. The van der Waals surface area contributed by atoms with Crippen molar-refractivity contribution in [1.82, 2.24) is 5.32 Å². The molecule has 1 rings (SSSR count). The summed E-state index contributed by atoms with van der Waals surface area (Å²) in [4.78, 5) is 33.8. The summed E-state index contributed by atoms with van der Waals surface area (Å²) in [6.07, 6.45) is 0.348. The van der Waals surface area contributed by atoms with Crippen molar-refractivity contribution in [2.75, 3.05) is 6.61 Å². The molecule has 0 aliphatic heterocycles. The van der Waals surface area contributed by atoms with Gasteiger partial charge in [0.05, 0.1) is 0 Å². The molecule has 1 aromatic carbocycles. The zero-order valence-corrected chi connectivity index (χ0v) is 12.5. The van der Waals surface area contributed by atoms with Gasteiger partial charge in [0.1, 0.15) is 11.8 Å². The van der Waals surface area contributed by atoms with Crippen LogP contribution in [0.15, 0.2) is 24.3 Å². The Hall–Kier alpha value is -2.57. The molecule has 22 heavy (non-hydrogen) atoms. The number of amides is 2. The summed E-state index contributed by atoms with van der Waals surface area (Å²) in [6, 6.07) is 5.06. The van der Waals surface area contributed by atoms with Gasteiger partial charge in [0.15, 0.2) is 6.61 Å². The summed E-state index contributed by atoms with van der Waals surface area (Å²) in [5.41, 5.74) is 5.26. The Balaban J connectivity index is 2.68. The highest BCUT2D eigenvalue weighted by Crippen LogP contribution is 2.13. The monoisotopic (exact) mass is 308 g/mol. The quantitative estimate of drug-likeness (QED) is 0.655. The molecule has 7 nitrogen and oxygen atoms in total. The van der Waals surface area contributed by atoms with Crippen molar-refractivity contribution >= 4 is 17.8 Å². The molecule has 0 aromatic heterocycles. The first-order valence-corrected chi connectivity index (χ1v) is 6.84. The van der Waals surface area contributed by atoms with Crippen LogP contribution in [-0.4, -0.2) is 35.5 Å². The molecule has 0 unspecified atom stereocenters. The van der Waals surface area contributed by atoms with Crippen LogP contribution < -0.4 is 15.8 Å². The van der Waals surface area contributed by atoms with Gasteiger partial charge in [-0.3, -0.25) is 9.59 Å². The van der Waals surface area contributed by atoms with Crippen molar-refractivity contribution in [1.29, 1.82) is 0 Å². The van der Waals surface area contributed by atoms with Gasteiger partial charge in [0.2, 0.25) is 0 Å². The number of benzene rings is 1. The number of carboxylic acids is 1. The Kier molecular flexibility index (Phi) is 6.37. The topological polar surface area (TPSA) is 119 Å². The highest BCUT2D eigenvalue weighted by Gasteiger charge is 2.21. The van der Waals surface area contributed by atoms with E-state index >= 15 is 0 Å². The third-order valence-corrected chi connectivity index (χ3v) is 2.81. The van der Waals surface area contributed by atoms with Gasteiger partial charge >= 0.3 is 5.97 Å². The van der Waals surface area contributed by atoms with Crippen molar-refractivity contribution in [3.63, 3.8) is 0 Å². The molecule has 0 aliphatic rings. The van der Waals surface area contributed by atoms with Gasteiger partial charge in [-0.2, -0.15) is 0 Å². The summed E-state index contributed by atoms with van der Waals surface area (Å²) in [5.74, 6) is -1.60. The van der Waals surface area contributed by atoms with E-state index in [1.54, 1.807) is 0 Å². The predicted octanol–water partition coefficient (Wildman–Crippen LogP) is 0.780. The first-order valence-electron chi connectivity index (χ1n) is 6.84. The Bertz CT molecular complexity index is 539. The molecule has 0 bridgehead atoms. The molecule has 0 aliphatic carbocycles. The average molecular weight is 308 g/mol. The molecule has 1 atom stereocenters. The van der Waals surface area contributed by atoms with E-state index in [2.05, 4.69) is 5.32 Å². The fourth-order valence-electron chi connectivity index (χ4n) is 1.79. The lowest BCUT2D eigenvalue weighted by molar-refractivity contribution is -0.139. The molecule has 120 valence electrons. The van der Waals surface area contributed by atoms with Crippen molar-refractivity contribution < 1.29 is 24.2 Å². The zero-order chi connectivity index (χ0) is 16.7. The van der Waals surface area contributed by atoms with E-state index in [1.165, 1.54) is 24.3 Å². The number of aliphatic carboxylic acids is 1. The standard InChI is InChI=1S/C15H20N2O5/c1-9(2)7-12(15(20)21)17-14(19)10-3-5-11(6-4-10)22-8-13(16)18/h3-6,9,12H,7-8H2,1-2H3,(H2,16,18)(H,17,19)(H,20,21)/t12-/m0/s1. The maximum absolute atomic E-state index is 12.0. The van der Waals surface area contributed by atoms with Gasteiger partial charge in [-0.05, 0) is 36.6 Å². The number of primary amides is 1. The van der Waals surface area contributed by atoms with E-state index in [4.69, 9.17) is 15.6 Å². The summed E-state index contributed by atoms with van der Waals surface area (Å²) in [7, 11) is 0. The molecule has 2 amide bonds. The van der Waals surface area contributed by atoms with Gasteiger partial charge in [-0.15, -0.1) is 0 Å². The van der Waals surface area contributed by atoms with Gasteiger partial charge < -0.3 is 20.9 Å². The van der Waals surface area contributed by atoms with Gasteiger partial charge in [-0.1, -0.05) is 13.8 Å². The number of carboxylic acid groups (broad SMARTS) is 1. The predicted molar refractivity (Wildman–Crippen MR) is 79.5 cm³/mol. The number of nitrogens with two attached hydrogens (primary N) is 1. The number of hydrogen-bond donors (Lipinski definition) is 3. The molecule has 4 N–H and O–H groups in total. The van der Waals surface area contributed by atoms with Gasteiger partial charge in [0.25, 0.3) is 11.8 Å². The second kappa shape index (κ2) is 8.02. The summed E-state index contributed by atoms with van der Waals surface area (Å²) >= 11 is 0. The number of nitrogens with one attached hydrogen (secondary N) is 1. The Labute approximate surface area is 128 Å². The van der Waals surface area contributed by atoms with E-state index in [9.17, 15) is 14.4 Å². The number of hydrogen-bond acceptors (Lipinski definition) is 4. The first-order chi connectivity index (χ1) is 10.3. The lowest BCUT2D eigenvalue weighted by Crippen LogP contribution is -2.41. The van der Waals surface area contributed by atoms with Crippen LogP contribution in [-0.2, 0) is 9.59 Å². The molecule has 7 heteroatoms. The van der Waals surface area contributed by atoms with Crippen LogP contribution >= 0.6 is 0 Å². The Morgan fingerprint density at radius 3 is 2.27 bits per heavy atom. The molecule has 1 aromatic rings. The smallest absolute Gasteiger partial charge is 0.326 e. The van der Waals surface area contributed by atoms with Gasteiger partial charge in [0, 0.05) is 5.56 Å². The molecular formula is C15H20N2O5. The molecule has 0 radical (unpaired) electrons. The van der Waals surface area contributed by atoms with Crippen LogP contribution in [0, 0.1) is 5.92 Å². The van der Waals surface area contributed by atoms with Crippen LogP contribution in [0.5, 0.6) is 5.75 Å². The minimum Gasteiger partial charge on any atom is -0.484 e. The van der Waals surface area contributed by atoms with Crippen LogP contribution in [0.4, 0.5) is 0 Å². The number of rotatable bonds is 8. The highest BCUT2D eigenvalue weighted by molar-refractivity contribution is 5.96. The molecule has 0 heterocycles. The van der Waals surface area contributed by atoms with Crippen LogP contribution in [0.25, 0.3) is 0 Å². The summed E-state index contributed by atoms with van der Waals surface area (Å²) in [6.45, 7) is 3.51. The van der Waals surface area contributed by atoms with E-state index < -0.39 is 23.8 Å². The number of carbonyl (C=O) groups excluding carboxylic acids is 2. The van der Waals surface area contributed by atoms with Crippen LogP contribution in [0.3, 0.4) is 0 Å². The summed E-state index contributed by atoms with van der Waals surface area (Å²) < 4.78 is 5.07. The van der Waals surface area contributed by atoms with E-state index in [1.807, 2.05) is 13.8 Å². The SMILES string of the molecule is CC(C)C[C@H](NC(=O)c1ccc(OCC(N)=O)cc1)C(=O)O. The highest BCUT2D eigenvalue weighted by atomic mass is 16.5.